The molecule has 1 amide bonds. The highest BCUT2D eigenvalue weighted by molar-refractivity contribution is 5.78. The van der Waals surface area contributed by atoms with Crippen molar-refractivity contribution >= 4 is 5.91 Å². The zero-order valence-electron chi connectivity index (χ0n) is 16.0. The van der Waals surface area contributed by atoms with E-state index in [1.165, 1.54) is 0 Å². The van der Waals surface area contributed by atoms with E-state index in [0.29, 0.717) is 26.3 Å². The fourth-order valence-electron chi connectivity index (χ4n) is 3.58. The molecule has 158 valence electrons. The number of hydrogen-bond donors (Lipinski definition) is 1. The van der Waals surface area contributed by atoms with Gasteiger partial charge in [-0.05, 0) is 5.92 Å². The Morgan fingerprint density at radius 1 is 0.964 bits per heavy atom. The van der Waals surface area contributed by atoms with E-state index in [1.807, 2.05) is 13.8 Å². The Morgan fingerprint density at radius 3 is 1.96 bits per heavy atom. The SMILES string of the molecule is CCC(CC)C(CNC(=O)Cc1c(F)c(F)c(F)c(F)c1F)N1CCOCC1. The van der Waals surface area contributed by atoms with Crippen molar-refractivity contribution in [1.82, 2.24) is 10.2 Å². The van der Waals surface area contributed by atoms with Crippen molar-refractivity contribution in [3.63, 3.8) is 0 Å². The molecular formula is C19H25F5N2O2. The standard InChI is InChI=1S/C19H25F5N2O2/c1-3-11(4-2)13(26-5-7-28-8-6-26)10-25-14(27)9-12-15(20)17(22)19(24)18(23)16(12)21/h11,13H,3-10H2,1-2H3,(H,25,27). The van der Waals surface area contributed by atoms with Gasteiger partial charge in [0.05, 0.1) is 19.6 Å². The number of nitrogens with zero attached hydrogens (tertiary/aromatic N) is 1. The molecule has 9 heteroatoms. The number of ether oxygens (including phenoxy) is 1. The maximum absolute atomic E-state index is 13.8. The molecule has 4 nitrogen and oxygen atoms in total. The number of amides is 1. The molecule has 1 aliphatic heterocycles. The zero-order chi connectivity index (χ0) is 20.8. The second kappa shape index (κ2) is 10.2. The lowest BCUT2D eigenvalue weighted by Crippen LogP contribution is -2.52. The minimum absolute atomic E-state index is 0.000709. The maximum Gasteiger partial charge on any atom is 0.224 e. The van der Waals surface area contributed by atoms with Crippen LogP contribution in [0.2, 0.25) is 0 Å². The first-order chi connectivity index (χ1) is 13.3. The van der Waals surface area contributed by atoms with Crippen molar-refractivity contribution in [3.05, 3.63) is 34.6 Å². The van der Waals surface area contributed by atoms with E-state index in [1.54, 1.807) is 0 Å². The molecule has 1 aromatic rings. The monoisotopic (exact) mass is 408 g/mol. The van der Waals surface area contributed by atoms with E-state index in [-0.39, 0.29) is 18.5 Å². The van der Waals surface area contributed by atoms with Crippen LogP contribution in [0.25, 0.3) is 0 Å². The summed E-state index contributed by atoms with van der Waals surface area (Å²) in [6.45, 7) is 6.87. The summed E-state index contributed by atoms with van der Waals surface area (Å²) in [6, 6.07) is -0.000709. The van der Waals surface area contributed by atoms with Crippen LogP contribution < -0.4 is 5.32 Å². The number of morpholine rings is 1. The first-order valence-corrected chi connectivity index (χ1v) is 9.40. The third-order valence-corrected chi connectivity index (χ3v) is 5.25. The van der Waals surface area contributed by atoms with Crippen LogP contribution in [0, 0.1) is 35.0 Å². The predicted molar refractivity (Wildman–Crippen MR) is 93.2 cm³/mol. The molecule has 1 heterocycles. The molecular weight excluding hydrogens is 383 g/mol. The van der Waals surface area contributed by atoms with Gasteiger partial charge >= 0.3 is 0 Å². The molecule has 0 aromatic heterocycles. The first-order valence-electron chi connectivity index (χ1n) is 9.40. The molecule has 28 heavy (non-hydrogen) atoms. The van der Waals surface area contributed by atoms with E-state index < -0.39 is 47.0 Å². The molecule has 1 atom stereocenters. The summed E-state index contributed by atoms with van der Waals surface area (Å²) < 4.78 is 72.6. The van der Waals surface area contributed by atoms with Gasteiger partial charge in [-0.1, -0.05) is 26.7 Å². The highest BCUT2D eigenvalue weighted by Gasteiger charge is 2.29. The van der Waals surface area contributed by atoms with Gasteiger partial charge in [-0.3, -0.25) is 9.69 Å². The van der Waals surface area contributed by atoms with Gasteiger partial charge in [0, 0.05) is 31.2 Å². The average Bonchev–Trinajstić information content (AvgIpc) is 2.72. The molecule has 0 bridgehead atoms. The summed E-state index contributed by atoms with van der Waals surface area (Å²) in [5, 5.41) is 2.59. The molecule has 0 saturated carbocycles. The van der Waals surface area contributed by atoms with Gasteiger partial charge in [-0.25, -0.2) is 22.0 Å². The zero-order valence-corrected chi connectivity index (χ0v) is 16.0. The highest BCUT2D eigenvalue weighted by atomic mass is 19.2. The quantitative estimate of drug-likeness (QED) is 0.408. The van der Waals surface area contributed by atoms with Crippen molar-refractivity contribution in [1.29, 1.82) is 0 Å². The molecule has 0 spiro atoms. The fourth-order valence-corrected chi connectivity index (χ4v) is 3.58. The van der Waals surface area contributed by atoms with Crippen molar-refractivity contribution in [2.24, 2.45) is 5.92 Å². The maximum atomic E-state index is 13.8. The van der Waals surface area contributed by atoms with Crippen molar-refractivity contribution < 1.29 is 31.5 Å². The normalized spacial score (nSPS) is 16.4. The summed E-state index contributed by atoms with van der Waals surface area (Å²) in [5.74, 6) is -10.8. The Labute approximate surface area is 161 Å². The number of nitrogens with one attached hydrogen (secondary N) is 1. The third kappa shape index (κ3) is 5.00. The predicted octanol–water partition coefficient (Wildman–Crippen LogP) is 3.18. The van der Waals surface area contributed by atoms with Gasteiger partial charge in [-0.2, -0.15) is 0 Å². The summed E-state index contributed by atoms with van der Waals surface area (Å²) in [4.78, 5) is 14.4. The minimum Gasteiger partial charge on any atom is -0.379 e. The smallest absolute Gasteiger partial charge is 0.224 e. The van der Waals surface area contributed by atoms with Crippen LogP contribution >= 0.6 is 0 Å². The Bertz CT molecular complexity index is 662. The van der Waals surface area contributed by atoms with Crippen LogP contribution in [0.5, 0.6) is 0 Å². The number of halogens is 5. The molecule has 0 aliphatic carbocycles. The fraction of sp³-hybridized carbons (Fsp3) is 0.632. The van der Waals surface area contributed by atoms with E-state index in [9.17, 15) is 26.7 Å². The Morgan fingerprint density at radius 2 is 1.46 bits per heavy atom. The molecule has 1 N–H and O–H groups in total. The van der Waals surface area contributed by atoms with Crippen LogP contribution in [0.3, 0.4) is 0 Å². The Hall–Kier alpha value is -1.74. The second-order valence-corrected chi connectivity index (χ2v) is 6.82. The molecule has 1 unspecified atom stereocenters. The van der Waals surface area contributed by atoms with Crippen molar-refractivity contribution in [3.8, 4) is 0 Å². The van der Waals surface area contributed by atoms with Gasteiger partial charge in [0.25, 0.3) is 0 Å². The average molecular weight is 408 g/mol. The molecule has 1 fully saturated rings. The molecule has 1 aromatic carbocycles. The third-order valence-electron chi connectivity index (χ3n) is 5.25. The summed E-state index contributed by atoms with van der Waals surface area (Å²) in [7, 11) is 0. The summed E-state index contributed by atoms with van der Waals surface area (Å²) in [5.41, 5.74) is -1.13. The number of hydrogen-bond acceptors (Lipinski definition) is 3. The number of benzene rings is 1. The Balaban J connectivity index is 2.09. The van der Waals surface area contributed by atoms with Crippen LogP contribution in [0.4, 0.5) is 22.0 Å². The van der Waals surface area contributed by atoms with Crippen molar-refractivity contribution in [2.75, 3.05) is 32.8 Å². The van der Waals surface area contributed by atoms with Crippen LogP contribution in [-0.4, -0.2) is 49.7 Å². The van der Waals surface area contributed by atoms with E-state index >= 15 is 0 Å². The van der Waals surface area contributed by atoms with E-state index in [4.69, 9.17) is 4.74 Å². The molecule has 0 radical (unpaired) electrons. The van der Waals surface area contributed by atoms with Gasteiger partial charge < -0.3 is 10.1 Å². The number of carbonyl (C=O) groups is 1. The largest absolute Gasteiger partial charge is 0.379 e. The minimum atomic E-state index is -2.24. The lowest BCUT2D eigenvalue weighted by atomic mass is 9.92. The first kappa shape index (κ1) is 22.5. The highest BCUT2D eigenvalue weighted by Crippen LogP contribution is 2.24. The Kier molecular flexibility index (Phi) is 8.18. The molecule has 1 aliphatic rings. The van der Waals surface area contributed by atoms with Gasteiger partial charge in [-0.15, -0.1) is 0 Å². The van der Waals surface area contributed by atoms with Gasteiger partial charge in [0.15, 0.2) is 23.3 Å². The lowest BCUT2D eigenvalue weighted by molar-refractivity contribution is -0.121. The molecule has 2 rings (SSSR count). The summed E-state index contributed by atoms with van der Waals surface area (Å²) in [6.07, 6.45) is 0.836. The number of carbonyl (C=O) groups excluding carboxylic acids is 1. The van der Waals surface area contributed by atoms with Crippen LogP contribution in [0.15, 0.2) is 0 Å². The summed E-state index contributed by atoms with van der Waals surface area (Å²) >= 11 is 0. The van der Waals surface area contributed by atoms with E-state index in [2.05, 4.69) is 10.2 Å². The van der Waals surface area contributed by atoms with Crippen LogP contribution in [-0.2, 0) is 16.0 Å². The second-order valence-electron chi connectivity index (χ2n) is 6.82. The van der Waals surface area contributed by atoms with Gasteiger partial charge in [0.1, 0.15) is 0 Å². The van der Waals surface area contributed by atoms with E-state index in [0.717, 1.165) is 12.8 Å². The number of rotatable bonds is 8. The van der Waals surface area contributed by atoms with Crippen molar-refractivity contribution in [2.45, 2.75) is 39.2 Å². The lowest BCUT2D eigenvalue weighted by Gasteiger charge is -2.38. The van der Waals surface area contributed by atoms with Crippen LogP contribution in [0.1, 0.15) is 32.3 Å². The topological polar surface area (TPSA) is 41.6 Å². The molecule has 1 saturated heterocycles. The van der Waals surface area contributed by atoms with Gasteiger partial charge in [0.2, 0.25) is 11.7 Å².